The third kappa shape index (κ3) is 19.9. The lowest BCUT2D eigenvalue weighted by Gasteiger charge is -2.23. The van der Waals surface area contributed by atoms with Crippen LogP contribution in [0.3, 0.4) is 0 Å². The van der Waals surface area contributed by atoms with E-state index >= 15 is 0 Å². The lowest BCUT2D eigenvalue weighted by Crippen LogP contribution is -2.52. The van der Waals surface area contributed by atoms with E-state index in [1.54, 1.807) is 0 Å². The van der Waals surface area contributed by atoms with Crippen molar-refractivity contribution in [2.24, 2.45) is 0 Å². The van der Waals surface area contributed by atoms with Gasteiger partial charge in [-0.25, -0.2) is 4.79 Å². The fourth-order valence-electron chi connectivity index (χ4n) is 5.51. The van der Waals surface area contributed by atoms with E-state index in [-0.39, 0.29) is 38.1 Å². The Morgan fingerprint density at radius 2 is 1.06 bits per heavy atom. The van der Waals surface area contributed by atoms with Crippen molar-refractivity contribution < 1.29 is 38.2 Å². The maximum Gasteiger partial charge on any atom is 0.373 e. The van der Waals surface area contributed by atoms with Crippen molar-refractivity contribution in [3.63, 3.8) is 0 Å². The number of nitrogens with one attached hydrogen (secondary N) is 2. The summed E-state index contributed by atoms with van der Waals surface area (Å²) in [6.07, 6.45) is 11.7. The van der Waals surface area contributed by atoms with Crippen LogP contribution in [0.1, 0.15) is 107 Å². The first-order chi connectivity index (χ1) is 25.4. The quantitative estimate of drug-likeness (QED) is 0.0733. The van der Waals surface area contributed by atoms with E-state index in [0.29, 0.717) is 19.3 Å². The van der Waals surface area contributed by atoms with Gasteiger partial charge < -0.3 is 20.1 Å². The maximum absolute atomic E-state index is 13.7. The Labute approximate surface area is 308 Å². The van der Waals surface area contributed by atoms with E-state index in [2.05, 4.69) is 17.6 Å². The summed E-state index contributed by atoms with van der Waals surface area (Å²) >= 11 is 0. The van der Waals surface area contributed by atoms with Gasteiger partial charge in [-0.3, -0.25) is 14.4 Å². The summed E-state index contributed by atoms with van der Waals surface area (Å²) in [5, 5.41) is 5.72. The lowest BCUT2D eigenvalue weighted by molar-refractivity contribution is -0.191. The van der Waals surface area contributed by atoms with Crippen molar-refractivity contribution in [1.29, 1.82) is 0 Å². The molecule has 10 heteroatoms. The number of hydrogen-bond donors (Lipinski definition) is 2. The van der Waals surface area contributed by atoms with Gasteiger partial charge in [-0.2, -0.15) is 9.59 Å². The van der Waals surface area contributed by atoms with Crippen LogP contribution in [0.15, 0.2) is 91.0 Å². The van der Waals surface area contributed by atoms with Crippen LogP contribution in [0, 0.1) is 0 Å². The van der Waals surface area contributed by atoms with Crippen LogP contribution in [0.5, 0.6) is 0 Å². The number of rotatable bonds is 24. The number of benzene rings is 3. The minimum absolute atomic E-state index is 0.00914. The highest BCUT2D eigenvalue weighted by atomic mass is 16.5. The number of esters is 2. The minimum Gasteiger partial charge on any atom is -0.461 e. The largest absolute Gasteiger partial charge is 0.461 e. The molecule has 0 spiro atoms. The van der Waals surface area contributed by atoms with Crippen molar-refractivity contribution in [2.45, 2.75) is 122 Å². The van der Waals surface area contributed by atoms with Crippen molar-refractivity contribution in [2.75, 3.05) is 0 Å². The molecule has 0 saturated carbocycles. The monoisotopic (exact) mass is 714 g/mol. The molecular weight excluding hydrogens is 660 g/mol. The molecule has 0 aliphatic carbocycles. The van der Waals surface area contributed by atoms with E-state index in [9.17, 15) is 19.2 Å². The van der Waals surface area contributed by atoms with E-state index in [4.69, 9.17) is 19.1 Å². The number of aryl methyl sites for hydroxylation is 1. The van der Waals surface area contributed by atoms with Crippen LogP contribution in [-0.2, 0) is 57.9 Å². The normalized spacial score (nSPS) is 11.5. The number of carbonyl (C=O) groups excluding carboxylic acids is 6. The van der Waals surface area contributed by atoms with Crippen LogP contribution in [0.25, 0.3) is 0 Å². The number of carbonyl (C=O) groups is 4. The van der Waals surface area contributed by atoms with E-state index in [1.807, 2.05) is 91.0 Å². The van der Waals surface area contributed by atoms with Crippen LogP contribution >= 0.6 is 0 Å². The predicted molar refractivity (Wildman–Crippen MR) is 197 cm³/mol. The highest BCUT2D eigenvalue weighted by molar-refractivity contribution is 5.91. The molecule has 0 aliphatic rings. The molecule has 3 aromatic carbocycles. The molecule has 0 bridgehead atoms. The number of hydrogen-bond acceptors (Lipinski definition) is 8. The number of unbranched alkanes of at least 4 members (excludes halogenated alkanes) is 8. The van der Waals surface area contributed by atoms with Gasteiger partial charge in [-0.15, -0.1) is 0 Å². The van der Waals surface area contributed by atoms with Gasteiger partial charge in [0.1, 0.15) is 25.3 Å². The Kier molecular flexibility index (Phi) is 22.9. The van der Waals surface area contributed by atoms with Crippen molar-refractivity contribution >= 4 is 29.9 Å². The molecule has 0 saturated heterocycles. The molecule has 3 rings (SSSR count). The fraction of sp³-hybridized carbons (Fsp3) is 0.452. The van der Waals surface area contributed by atoms with Crippen LogP contribution in [-0.4, -0.2) is 42.0 Å². The second-order valence-corrected chi connectivity index (χ2v) is 12.6. The summed E-state index contributed by atoms with van der Waals surface area (Å²) < 4.78 is 11.0. The Bertz CT molecular complexity index is 1460. The minimum atomic E-state index is -1.10. The van der Waals surface area contributed by atoms with Crippen molar-refractivity contribution in [3.05, 3.63) is 108 Å². The highest BCUT2D eigenvalue weighted by Crippen LogP contribution is 2.13. The smallest absolute Gasteiger partial charge is 0.373 e. The average Bonchev–Trinajstić information content (AvgIpc) is 3.17. The summed E-state index contributed by atoms with van der Waals surface area (Å²) in [6, 6.07) is 26.3. The molecule has 0 radical (unpaired) electrons. The molecule has 2 N–H and O–H groups in total. The molecule has 2 amide bonds. The van der Waals surface area contributed by atoms with Gasteiger partial charge in [0.2, 0.25) is 11.8 Å². The first-order valence-electron chi connectivity index (χ1n) is 18.4. The molecule has 52 heavy (non-hydrogen) atoms. The number of ether oxygens (including phenoxy) is 2. The molecule has 0 aromatic heterocycles. The summed E-state index contributed by atoms with van der Waals surface area (Å²) in [5.41, 5.74) is 2.68. The summed E-state index contributed by atoms with van der Waals surface area (Å²) in [4.78, 5) is 68.9. The molecule has 10 nitrogen and oxygen atoms in total. The van der Waals surface area contributed by atoms with Gasteiger partial charge in [0.15, 0.2) is 0 Å². The van der Waals surface area contributed by atoms with Gasteiger partial charge in [0.05, 0.1) is 0 Å². The Balaban J connectivity index is 0.00000301. The SMILES string of the molecule is CCCCCCCCCCCC(=O)NC(CCc1ccccc1)C(=O)NC(CCC(=O)OCc1ccccc1)C(=O)OCc1ccccc1.O=C=O. The molecule has 2 unspecified atom stereocenters. The van der Waals surface area contributed by atoms with Gasteiger partial charge in [0.25, 0.3) is 0 Å². The van der Waals surface area contributed by atoms with Crippen molar-refractivity contribution in [1.82, 2.24) is 10.6 Å². The maximum atomic E-state index is 13.7. The Hall–Kier alpha value is -5.08. The Morgan fingerprint density at radius 1 is 0.577 bits per heavy atom. The predicted octanol–water partition coefficient (Wildman–Crippen LogP) is 7.19. The molecular formula is C42H54N2O8. The molecule has 280 valence electrons. The second-order valence-electron chi connectivity index (χ2n) is 12.6. The molecule has 0 heterocycles. The second kappa shape index (κ2) is 27.6. The average molecular weight is 715 g/mol. The lowest BCUT2D eigenvalue weighted by atomic mass is 10.0. The number of amides is 2. The first-order valence-corrected chi connectivity index (χ1v) is 18.4. The van der Waals surface area contributed by atoms with Gasteiger partial charge >= 0.3 is 18.1 Å². The first kappa shape index (κ1) is 43.1. The van der Waals surface area contributed by atoms with Gasteiger partial charge in [-0.05, 0) is 42.4 Å². The summed E-state index contributed by atoms with van der Waals surface area (Å²) in [6.45, 7) is 2.35. The fourth-order valence-corrected chi connectivity index (χ4v) is 5.51. The summed E-state index contributed by atoms with van der Waals surface area (Å²) in [5.74, 6) is -1.83. The molecule has 0 fully saturated rings. The summed E-state index contributed by atoms with van der Waals surface area (Å²) in [7, 11) is 0. The molecule has 2 atom stereocenters. The Morgan fingerprint density at radius 3 is 1.60 bits per heavy atom. The van der Waals surface area contributed by atoms with Crippen LogP contribution in [0.2, 0.25) is 0 Å². The van der Waals surface area contributed by atoms with Crippen LogP contribution < -0.4 is 10.6 Å². The third-order valence-electron chi connectivity index (χ3n) is 8.43. The van der Waals surface area contributed by atoms with Gasteiger partial charge in [0, 0.05) is 12.8 Å². The zero-order chi connectivity index (χ0) is 37.7. The van der Waals surface area contributed by atoms with E-state index in [1.165, 1.54) is 38.5 Å². The van der Waals surface area contributed by atoms with E-state index in [0.717, 1.165) is 36.0 Å². The standard InChI is InChI=1S/C41H54N2O6.CO2/c1-2-3-4-5-6-7-8-9-19-26-38(44)42-36(28-27-33-20-13-10-14-21-33)40(46)43-37(41(47)49-32-35-24-17-12-18-25-35)29-30-39(45)48-31-34-22-15-11-16-23-34;2-1-3/h10-18,20-25,36-37H,2-9,19,26-32H2,1H3,(H,42,44)(H,43,46);. The highest BCUT2D eigenvalue weighted by Gasteiger charge is 2.28. The van der Waals surface area contributed by atoms with Crippen LogP contribution in [0.4, 0.5) is 0 Å². The zero-order valence-corrected chi connectivity index (χ0v) is 30.4. The topological polar surface area (TPSA) is 145 Å². The van der Waals surface area contributed by atoms with E-state index < -0.39 is 29.9 Å². The van der Waals surface area contributed by atoms with Gasteiger partial charge in [-0.1, -0.05) is 149 Å². The molecule has 3 aromatic rings. The van der Waals surface area contributed by atoms with Crippen molar-refractivity contribution in [3.8, 4) is 0 Å². The third-order valence-corrected chi connectivity index (χ3v) is 8.43. The molecule has 0 aliphatic heterocycles. The zero-order valence-electron chi connectivity index (χ0n) is 30.4.